The molecule has 10 nitrogen and oxygen atoms in total. The summed E-state index contributed by atoms with van der Waals surface area (Å²) in [7, 11) is -1.33. The Labute approximate surface area is 161 Å². The van der Waals surface area contributed by atoms with Gasteiger partial charge in [0.15, 0.2) is 11.5 Å². The van der Waals surface area contributed by atoms with E-state index in [1.165, 1.54) is 50.6 Å². The van der Waals surface area contributed by atoms with Crippen LogP contribution in [0.25, 0.3) is 0 Å². The first kappa shape index (κ1) is 19.6. The van der Waals surface area contributed by atoms with Gasteiger partial charge in [0.2, 0.25) is 6.79 Å². The van der Waals surface area contributed by atoms with Crippen LogP contribution < -0.4 is 20.3 Å². The molecule has 0 spiro atoms. The van der Waals surface area contributed by atoms with Gasteiger partial charge in [0.05, 0.1) is 12.0 Å². The molecule has 3 rings (SSSR count). The first-order chi connectivity index (χ1) is 13.3. The smallest absolute Gasteiger partial charge is 0.269 e. The lowest BCUT2D eigenvalue weighted by atomic mass is 10.2. The van der Waals surface area contributed by atoms with E-state index in [-0.39, 0.29) is 22.8 Å². The van der Waals surface area contributed by atoms with Crippen molar-refractivity contribution in [2.24, 2.45) is 0 Å². The first-order valence-electron chi connectivity index (χ1n) is 7.96. The van der Waals surface area contributed by atoms with E-state index in [0.717, 1.165) is 0 Å². The van der Waals surface area contributed by atoms with Gasteiger partial charge in [-0.1, -0.05) is 4.47 Å². The number of fused-ring (bicyclic) bond motifs is 1. The van der Waals surface area contributed by atoms with Crippen LogP contribution in [0.1, 0.15) is 20.7 Å². The lowest BCUT2D eigenvalue weighted by molar-refractivity contribution is -0.0258. The zero-order valence-electron chi connectivity index (χ0n) is 15.0. The summed E-state index contributed by atoms with van der Waals surface area (Å²) in [5, 5.41) is 0. The SMILES string of the molecule is CON(C)S(=O)(=O)c1ccc(C(=O)NNC(=O)c2ccc3c(c2)OCO3)cc1. The highest BCUT2D eigenvalue weighted by molar-refractivity contribution is 7.89. The van der Waals surface area contributed by atoms with Crippen molar-refractivity contribution in [1.29, 1.82) is 0 Å². The average Bonchev–Trinajstić information content (AvgIpc) is 3.18. The second-order valence-corrected chi connectivity index (χ2v) is 7.53. The maximum absolute atomic E-state index is 12.2. The molecule has 11 heteroatoms. The monoisotopic (exact) mass is 407 g/mol. The molecule has 1 aliphatic heterocycles. The molecule has 0 unspecified atom stereocenters. The highest BCUT2D eigenvalue weighted by Gasteiger charge is 2.21. The standard InChI is InChI=1S/C17H17N3O7S/c1-20(25-2)28(23,24)13-6-3-11(4-7-13)16(21)18-19-17(22)12-5-8-14-15(9-12)27-10-26-14/h3-9H,10H2,1-2H3,(H,18,21)(H,19,22). The summed E-state index contributed by atoms with van der Waals surface area (Å²) in [5.41, 5.74) is 4.97. The molecule has 148 valence electrons. The molecule has 2 N–H and O–H groups in total. The Bertz CT molecular complexity index is 1010. The summed E-state index contributed by atoms with van der Waals surface area (Å²) < 4.78 is 35.3. The predicted octanol–water partition coefficient (Wildman–Crippen LogP) is 0.672. The van der Waals surface area contributed by atoms with Crippen LogP contribution in [0.3, 0.4) is 0 Å². The van der Waals surface area contributed by atoms with Gasteiger partial charge in [0.1, 0.15) is 0 Å². The number of hydrazine groups is 1. The van der Waals surface area contributed by atoms with Crippen molar-refractivity contribution in [2.45, 2.75) is 4.90 Å². The van der Waals surface area contributed by atoms with Gasteiger partial charge in [-0.3, -0.25) is 25.3 Å². The highest BCUT2D eigenvalue weighted by atomic mass is 32.2. The van der Waals surface area contributed by atoms with Crippen molar-refractivity contribution in [3.05, 3.63) is 53.6 Å². The number of hydrogen-bond acceptors (Lipinski definition) is 7. The molecule has 0 aromatic heterocycles. The zero-order valence-corrected chi connectivity index (χ0v) is 15.8. The molecule has 0 aliphatic carbocycles. The lowest BCUT2D eigenvalue weighted by Gasteiger charge is -2.14. The van der Waals surface area contributed by atoms with Crippen molar-refractivity contribution < 1.29 is 32.3 Å². The Morgan fingerprint density at radius 2 is 1.54 bits per heavy atom. The van der Waals surface area contributed by atoms with Crippen LogP contribution in [0.2, 0.25) is 0 Å². The van der Waals surface area contributed by atoms with E-state index in [0.29, 0.717) is 16.0 Å². The fourth-order valence-corrected chi connectivity index (χ4v) is 3.29. The highest BCUT2D eigenvalue weighted by Crippen LogP contribution is 2.32. The predicted molar refractivity (Wildman–Crippen MR) is 95.9 cm³/mol. The third-order valence-corrected chi connectivity index (χ3v) is 5.63. The molecule has 2 aromatic carbocycles. The number of benzene rings is 2. The molecule has 0 radical (unpaired) electrons. The number of hydroxylamine groups is 1. The molecule has 0 atom stereocenters. The quantitative estimate of drug-likeness (QED) is 0.699. The Morgan fingerprint density at radius 1 is 0.964 bits per heavy atom. The number of rotatable bonds is 5. The number of ether oxygens (including phenoxy) is 2. The maximum atomic E-state index is 12.2. The van der Waals surface area contributed by atoms with Gasteiger partial charge >= 0.3 is 0 Å². The number of amides is 2. The second-order valence-electron chi connectivity index (χ2n) is 5.60. The van der Waals surface area contributed by atoms with Crippen LogP contribution in [-0.4, -0.2) is 45.7 Å². The number of nitrogens with one attached hydrogen (secondary N) is 2. The molecule has 0 fully saturated rings. The summed E-state index contributed by atoms with van der Waals surface area (Å²) >= 11 is 0. The molecule has 0 bridgehead atoms. The minimum absolute atomic E-state index is 0.0437. The zero-order chi connectivity index (χ0) is 20.3. The fourth-order valence-electron chi connectivity index (χ4n) is 2.32. The summed E-state index contributed by atoms with van der Waals surface area (Å²) in [6.45, 7) is 0.0863. The van der Waals surface area contributed by atoms with Gasteiger partial charge in [0.25, 0.3) is 21.8 Å². The third-order valence-electron chi connectivity index (χ3n) is 3.93. The normalized spacial score (nSPS) is 12.7. The van der Waals surface area contributed by atoms with Crippen LogP contribution >= 0.6 is 0 Å². The van der Waals surface area contributed by atoms with Crippen LogP contribution in [0.15, 0.2) is 47.4 Å². The van der Waals surface area contributed by atoms with Crippen LogP contribution in [0, 0.1) is 0 Å². The van der Waals surface area contributed by atoms with Gasteiger partial charge in [-0.2, -0.15) is 0 Å². The Morgan fingerprint density at radius 3 is 2.18 bits per heavy atom. The van der Waals surface area contributed by atoms with Crippen LogP contribution in [0.4, 0.5) is 0 Å². The number of sulfonamides is 1. The summed E-state index contributed by atoms with van der Waals surface area (Å²) in [6.07, 6.45) is 0. The van der Waals surface area contributed by atoms with E-state index in [2.05, 4.69) is 15.7 Å². The van der Waals surface area contributed by atoms with Crippen LogP contribution in [0.5, 0.6) is 11.5 Å². The fraction of sp³-hybridized carbons (Fsp3) is 0.176. The number of carbonyl (C=O) groups is 2. The van der Waals surface area contributed by atoms with E-state index >= 15 is 0 Å². The van der Waals surface area contributed by atoms with Crippen molar-refractivity contribution in [2.75, 3.05) is 21.0 Å². The minimum Gasteiger partial charge on any atom is -0.454 e. The lowest BCUT2D eigenvalue weighted by Crippen LogP contribution is -2.41. The van der Waals surface area contributed by atoms with Gasteiger partial charge < -0.3 is 9.47 Å². The van der Waals surface area contributed by atoms with Crippen molar-refractivity contribution in [1.82, 2.24) is 15.3 Å². The van der Waals surface area contributed by atoms with E-state index in [4.69, 9.17) is 9.47 Å². The molecule has 1 heterocycles. The molecule has 2 aromatic rings. The summed E-state index contributed by atoms with van der Waals surface area (Å²) in [4.78, 5) is 29.0. The molecular weight excluding hydrogens is 390 g/mol. The van der Waals surface area contributed by atoms with Crippen molar-refractivity contribution >= 4 is 21.8 Å². The van der Waals surface area contributed by atoms with E-state index in [1.54, 1.807) is 6.07 Å². The first-order valence-corrected chi connectivity index (χ1v) is 9.40. The molecule has 1 aliphatic rings. The summed E-state index contributed by atoms with van der Waals surface area (Å²) in [6, 6.07) is 9.78. The number of hydrogen-bond donors (Lipinski definition) is 2. The topological polar surface area (TPSA) is 123 Å². The molecule has 2 amide bonds. The Balaban J connectivity index is 1.63. The van der Waals surface area contributed by atoms with Gasteiger partial charge in [-0.25, -0.2) is 8.42 Å². The molecule has 28 heavy (non-hydrogen) atoms. The maximum Gasteiger partial charge on any atom is 0.269 e. The molecule has 0 saturated heterocycles. The van der Waals surface area contributed by atoms with Gasteiger partial charge in [0, 0.05) is 18.2 Å². The van der Waals surface area contributed by atoms with Crippen LogP contribution in [-0.2, 0) is 14.9 Å². The second kappa shape index (κ2) is 7.84. The van der Waals surface area contributed by atoms with Gasteiger partial charge in [-0.15, -0.1) is 0 Å². The minimum atomic E-state index is -3.81. The Kier molecular flexibility index (Phi) is 5.49. The van der Waals surface area contributed by atoms with E-state index < -0.39 is 21.8 Å². The van der Waals surface area contributed by atoms with Crippen molar-refractivity contribution in [3.8, 4) is 11.5 Å². The average molecular weight is 407 g/mol. The molecular formula is C17H17N3O7S. The third kappa shape index (κ3) is 3.91. The Hall–Kier alpha value is -3.15. The van der Waals surface area contributed by atoms with E-state index in [1.807, 2.05) is 0 Å². The number of carbonyl (C=O) groups excluding carboxylic acids is 2. The summed E-state index contributed by atoms with van der Waals surface area (Å²) in [5.74, 6) is -0.183. The number of nitrogens with zero attached hydrogens (tertiary/aromatic N) is 1. The van der Waals surface area contributed by atoms with Crippen molar-refractivity contribution in [3.63, 3.8) is 0 Å². The largest absolute Gasteiger partial charge is 0.454 e. The van der Waals surface area contributed by atoms with E-state index in [9.17, 15) is 18.0 Å². The van der Waals surface area contributed by atoms with Gasteiger partial charge in [-0.05, 0) is 42.5 Å². The molecule has 0 saturated carbocycles.